The Morgan fingerprint density at radius 2 is 1.81 bits per heavy atom. The normalized spacial score (nSPS) is 16.0. The van der Waals surface area contributed by atoms with Gasteiger partial charge in [-0.25, -0.2) is 0 Å². The SMILES string of the molecule is CCCC1(c2nnc(NC(=O)c3c(OC)cccc3OC)s2)CCCCC1. The molecule has 1 aliphatic carbocycles. The molecule has 1 heterocycles. The van der Waals surface area contributed by atoms with Crippen LogP contribution in [0.15, 0.2) is 18.2 Å². The van der Waals surface area contributed by atoms with E-state index in [1.54, 1.807) is 18.2 Å². The maximum Gasteiger partial charge on any atom is 0.265 e. The van der Waals surface area contributed by atoms with Crippen LogP contribution < -0.4 is 14.8 Å². The number of carbonyl (C=O) groups excluding carboxylic acids is 1. The van der Waals surface area contributed by atoms with Crippen LogP contribution in [-0.4, -0.2) is 30.3 Å². The molecular formula is C20H27N3O3S. The van der Waals surface area contributed by atoms with Gasteiger partial charge in [-0.15, -0.1) is 10.2 Å². The molecule has 1 aromatic carbocycles. The van der Waals surface area contributed by atoms with Crippen LogP contribution >= 0.6 is 11.3 Å². The standard InChI is InChI=1S/C20H27N3O3S/c1-4-11-20(12-6-5-7-13-20)18-22-23-19(27-18)21-17(24)16-14(25-2)9-8-10-15(16)26-3/h8-10H,4-7,11-13H2,1-3H3,(H,21,23,24). The van der Waals surface area contributed by atoms with E-state index in [-0.39, 0.29) is 11.3 Å². The number of amides is 1. The largest absolute Gasteiger partial charge is 0.496 e. The molecule has 0 spiro atoms. The van der Waals surface area contributed by atoms with Gasteiger partial charge in [0.15, 0.2) is 0 Å². The molecule has 1 N–H and O–H groups in total. The van der Waals surface area contributed by atoms with Crippen molar-refractivity contribution in [3.8, 4) is 11.5 Å². The van der Waals surface area contributed by atoms with Crippen LogP contribution in [0.25, 0.3) is 0 Å². The Morgan fingerprint density at radius 3 is 2.41 bits per heavy atom. The second kappa shape index (κ2) is 8.69. The summed E-state index contributed by atoms with van der Waals surface area (Å²) in [6.45, 7) is 2.22. The first-order chi connectivity index (χ1) is 13.1. The van der Waals surface area contributed by atoms with Gasteiger partial charge in [0.1, 0.15) is 22.1 Å². The number of nitrogens with zero attached hydrogens (tertiary/aromatic N) is 2. The van der Waals surface area contributed by atoms with Crippen molar-refractivity contribution in [2.24, 2.45) is 0 Å². The molecule has 1 aromatic heterocycles. The van der Waals surface area contributed by atoms with Crippen LogP contribution in [0.2, 0.25) is 0 Å². The third-order valence-electron chi connectivity index (χ3n) is 5.29. The van der Waals surface area contributed by atoms with Gasteiger partial charge < -0.3 is 9.47 Å². The van der Waals surface area contributed by atoms with Gasteiger partial charge in [-0.05, 0) is 31.4 Å². The van der Waals surface area contributed by atoms with E-state index in [1.807, 2.05) is 0 Å². The van der Waals surface area contributed by atoms with E-state index in [0.717, 1.165) is 30.7 Å². The number of hydrogen-bond donors (Lipinski definition) is 1. The fourth-order valence-electron chi connectivity index (χ4n) is 4.00. The highest BCUT2D eigenvalue weighted by Crippen LogP contribution is 2.44. The zero-order valence-electron chi connectivity index (χ0n) is 16.2. The van der Waals surface area contributed by atoms with Gasteiger partial charge in [0.2, 0.25) is 5.13 Å². The summed E-state index contributed by atoms with van der Waals surface area (Å²) in [5.74, 6) is 0.623. The van der Waals surface area contributed by atoms with Crippen LogP contribution in [0.3, 0.4) is 0 Å². The van der Waals surface area contributed by atoms with Crippen molar-refractivity contribution in [1.29, 1.82) is 0 Å². The Kier molecular flexibility index (Phi) is 6.31. The van der Waals surface area contributed by atoms with E-state index in [2.05, 4.69) is 22.4 Å². The maximum absolute atomic E-state index is 12.8. The first-order valence-corrected chi connectivity index (χ1v) is 10.3. The van der Waals surface area contributed by atoms with E-state index in [0.29, 0.717) is 22.2 Å². The van der Waals surface area contributed by atoms with Gasteiger partial charge in [-0.2, -0.15) is 0 Å². The fourth-order valence-corrected chi connectivity index (χ4v) is 5.01. The highest BCUT2D eigenvalue weighted by Gasteiger charge is 2.36. The second-order valence-electron chi connectivity index (χ2n) is 7.00. The Morgan fingerprint density at radius 1 is 1.15 bits per heavy atom. The molecule has 6 nitrogen and oxygen atoms in total. The van der Waals surface area contributed by atoms with Crippen LogP contribution in [0.4, 0.5) is 5.13 Å². The van der Waals surface area contributed by atoms with Crippen LogP contribution in [0, 0.1) is 0 Å². The van der Waals surface area contributed by atoms with Gasteiger partial charge in [0.05, 0.1) is 14.2 Å². The molecule has 146 valence electrons. The fraction of sp³-hybridized carbons (Fsp3) is 0.550. The lowest BCUT2D eigenvalue weighted by Gasteiger charge is -2.34. The highest BCUT2D eigenvalue weighted by molar-refractivity contribution is 7.15. The lowest BCUT2D eigenvalue weighted by atomic mass is 9.72. The van der Waals surface area contributed by atoms with Crippen molar-refractivity contribution in [3.63, 3.8) is 0 Å². The summed E-state index contributed by atoms with van der Waals surface area (Å²) in [5, 5.41) is 13.1. The van der Waals surface area contributed by atoms with Gasteiger partial charge in [-0.3, -0.25) is 10.1 Å². The third kappa shape index (κ3) is 4.08. The zero-order valence-corrected chi connectivity index (χ0v) is 17.0. The predicted octanol–water partition coefficient (Wildman–Crippen LogP) is 4.81. The first kappa shape index (κ1) is 19.6. The van der Waals surface area contributed by atoms with Crippen molar-refractivity contribution < 1.29 is 14.3 Å². The van der Waals surface area contributed by atoms with Crippen molar-refractivity contribution in [2.45, 2.75) is 57.3 Å². The summed E-state index contributed by atoms with van der Waals surface area (Å²) < 4.78 is 10.6. The Balaban J connectivity index is 1.83. The number of ether oxygens (including phenoxy) is 2. The second-order valence-corrected chi connectivity index (χ2v) is 7.97. The molecule has 0 atom stereocenters. The lowest BCUT2D eigenvalue weighted by Crippen LogP contribution is -2.28. The number of nitrogens with one attached hydrogen (secondary N) is 1. The minimum absolute atomic E-state index is 0.121. The third-order valence-corrected chi connectivity index (χ3v) is 6.38. The topological polar surface area (TPSA) is 73.3 Å². The number of benzene rings is 1. The number of aromatic nitrogens is 2. The molecule has 1 amide bonds. The predicted molar refractivity (Wildman–Crippen MR) is 107 cm³/mol. The lowest BCUT2D eigenvalue weighted by molar-refractivity contribution is 0.102. The minimum Gasteiger partial charge on any atom is -0.496 e. The van der Waals surface area contributed by atoms with E-state index in [1.165, 1.54) is 44.8 Å². The molecular weight excluding hydrogens is 362 g/mol. The quantitative estimate of drug-likeness (QED) is 0.736. The molecule has 27 heavy (non-hydrogen) atoms. The Hall–Kier alpha value is -2.15. The Bertz CT molecular complexity index is 757. The van der Waals surface area contributed by atoms with Gasteiger partial charge >= 0.3 is 0 Å². The number of anilines is 1. The van der Waals surface area contributed by atoms with E-state index in [4.69, 9.17) is 9.47 Å². The van der Waals surface area contributed by atoms with Gasteiger partial charge in [0.25, 0.3) is 5.91 Å². The number of hydrogen-bond acceptors (Lipinski definition) is 6. The molecule has 0 unspecified atom stereocenters. The molecule has 1 saturated carbocycles. The molecule has 0 saturated heterocycles. The van der Waals surface area contributed by atoms with Gasteiger partial charge in [0, 0.05) is 5.41 Å². The summed E-state index contributed by atoms with van der Waals surface area (Å²) in [6, 6.07) is 5.26. The van der Waals surface area contributed by atoms with E-state index in [9.17, 15) is 4.79 Å². The summed E-state index contributed by atoms with van der Waals surface area (Å²) in [6.07, 6.45) is 8.32. The van der Waals surface area contributed by atoms with Crippen molar-refractivity contribution in [3.05, 3.63) is 28.8 Å². The van der Waals surface area contributed by atoms with Gasteiger partial charge in [-0.1, -0.05) is 50.0 Å². The monoisotopic (exact) mass is 389 g/mol. The summed E-state index contributed by atoms with van der Waals surface area (Å²) in [5.41, 5.74) is 0.482. The zero-order chi connectivity index (χ0) is 19.3. The van der Waals surface area contributed by atoms with E-state index < -0.39 is 0 Å². The summed E-state index contributed by atoms with van der Waals surface area (Å²) >= 11 is 1.49. The van der Waals surface area contributed by atoms with Crippen LogP contribution in [0.1, 0.15) is 67.2 Å². The van der Waals surface area contributed by atoms with Crippen molar-refractivity contribution in [1.82, 2.24) is 10.2 Å². The molecule has 0 bridgehead atoms. The molecule has 7 heteroatoms. The summed E-state index contributed by atoms with van der Waals surface area (Å²) in [7, 11) is 3.07. The molecule has 1 aliphatic rings. The van der Waals surface area contributed by atoms with Crippen molar-refractivity contribution in [2.75, 3.05) is 19.5 Å². The minimum atomic E-state index is -0.305. The molecule has 0 radical (unpaired) electrons. The number of rotatable bonds is 7. The highest BCUT2D eigenvalue weighted by atomic mass is 32.1. The molecule has 0 aliphatic heterocycles. The average molecular weight is 390 g/mol. The molecule has 2 aromatic rings. The number of methoxy groups -OCH3 is 2. The van der Waals surface area contributed by atoms with Crippen LogP contribution in [-0.2, 0) is 5.41 Å². The van der Waals surface area contributed by atoms with Crippen LogP contribution in [0.5, 0.6) is 11.5 Å². The summed E-state index contributed by atoms with van der Waals surface area (Å²) in [4.78, 5) is 12.8. The maximum atomic E-state index is 12.8. The number of carbonyl (C=O) groups is 1. The smallest absolute Gasteiger partial charge is 0.265 e. The van der Waals surface area contributed by atoms with Crippen molar-refractivity contribution >= 4 is 22.4 Å². The average Bonchev–Trinajstić information content (AvgIpc) is 3.17. The van der Waals surface area contributed by atoms with E-state index >= 15 is 0 Å². The first-order valence-electron chi connectivity index (χ1n) is 9.50. The Labute approximate surface area is 164 Å². The molecule has 3 rings (SSSR count). The molecule has 1 fully saturated rings.